The summed E-state index contributed by atoms with van der Waals surface area (Å²) < 4.78 is 12.6. The molecule has 0 fully saturated rings. The van der Waals surface area contributed by atoms with Crippen molar-refractivity contribution in [2.24, 2.45) is 11.5 Å². The van der Waals surface area contributed by atoms with Gasteiger partial charge in [0.1, 0.15) is 22.7 Å². The molecule has 0 unspecified atom stereocenters. The van der Waals surface area contributed by atoms with Crippen LogP contribution in [0.15, 0.2) is 54.6 Å². The molecule has 4 amide bonds. The van der Waals surface area contributed by atoms with Crippen molar-refractivity contribution in [1.29, 1.82) is 0 Å². The zero-order valence-electron chi connectivity index (χ0n) is 31.8. The van der Waals surface area contributed by atoms with Crippen LogP contribution in [0.3, 0.4) is 0 Å². The number of nitrogens with zero attached hydrogens (tertiary/aromatic N) is 8. The van der Waals surface area contributed by atoms with E-state index in [-0.39, 0.29) is 61.3 Å². The van der Waals surface area contributed by atoms with E-state index < -0.39 is 29.6 Å². The molecule has 19 nitrogen and oxygen atoms in total. The molecule has 0 aliphatic heterocycles. The minimum Gasteiger partial charge on any atom is -0.491 e. The van der Waals surface area contributed by atoms with Crippen molar-refractivity contribution in [2.45, 2.75) is 66.7 Å². The zero-order chi connectivity index (χ0) is 41.0. The number of fused-ring (bicyclic) bond motifs is 2. The Hall–Kier alpha value is -7.31. The number of carbonyl (C=O) groups excluding carboxylic acids is 4. The number of ether oxygens (including phenoxy) is 1. The Morgan fingerprint density at radius 1 is 0.754 bits per heavy atom. The highest BCUT2D eigenvalue weighted by Crippen LogP contribution is 2.32. The highest BCUT2D eigenvalue weighted by atomic mass is 16.5. The number of rotatable bonds is 17. The number of hydrogen-bond acceptors (Lipinski definition) is 10. The summed E-state index contributed by atoms with van der Waals surface area (Å²) >= 11 is 0. The lowest BCUT2D eigenvalue weighted by Gasteiger charge is -2.13. The van der Waals surface area contributed by atoms with E-state index >= 15 is 0 Å². The lowest BCUT2D eigenvalue weighted by Crippen LogP contribution is -2.20. The second-order valence-corrected chi connectivity index (χ2v) is 13.1. The molecule has 0 saturated heterocycles. The molecule has 0 spiro atoms. The number of anilines is 2. The van der Waals surface area contributed by atoms with Crippen LogP contribution in [0.5, 0.6) is 5.75 Å². The molecule has 2 aromatic carbocycles. The number of nitrogens with two attached hydrogens (primary N) is 2. The first-order valence-electron chi connectivity index (χ1n) is 18.1. The van der Waals surface area contributed by atoms with Crippen molar-refractivity contribution in [3.05, 3.63) is 88.5 Å². The Balaban J connectivity index is 1.38. The monoisotopic (exact) mass is 778 g/mol. The lowest BCUT2D eigenvalue weighted by atomic mass is 10.1. The number of benzene rings is 2. The standard InChI is InChI=1S/C38H42N12O7/c1-5-49-28(16-21(3)45-49)35(55)43-37-41-25-18-23(33(39)53)11-12-27(25)47(37)13-7-8-14-48-32-26(19-24(34(40)54)20-30(32)57-15-9-10-31(51)52)42-38(48)44-36(56)29-17-22(4)46-50(29)6-2/h7-8,11-12,16-20H,5-6,9-10,13-15H2,1-4H3,(H2,39,53)(H2,40,54)(H,51,52)(H,41,43,55)(H,42,44,56). The molecule has 4 heterocycles. The van der Waals surface area contributed by atoms with E-state index in [0.29, 0.717) is 57.9 Å². The maximum absolute atomic E-state index is 13.6. The normalized spacial score (nSPS) is 11.4. The first kappa shape index (κ1) is 39.4. The van der Waals surface area contributed by atoms with Crippen LogP contribution in [0.1, 0.15) is 79.8 Å². The van der Waals surface area contributed by atoms with E-state index in [9.17, 15) is 24.0 Å². The highest BCUT2D eigenvalue weighted by molar-refractivity contribution is 6.05. The van der Waals surface area contributed by atoms with Gasteiger partial charge in [-0.2, -0.15) is 10.2 Å². The maximum atomic E-state index is 13.6. The van der Waals surface area contributed by atoms with Gasteiger partial charge in [0, 0.05) is 43.7 Å². The van der Waals surface area contributed by atoms with Crippen LogP contribution in [0.25, 0.3) is 22.1 Å². The number of aliphatic carboxylic acids is 1. The third-order valence-corrected chi connectivity index (χ3v) is 8.98. The van der Waals surface area contributed by atoms with E-state index in [2.05, 4.69) is 30.8 Å². The minimum atomic E-state index is -0.985. The van der Waals surface area contributed by atoms with Crippen LogP contribution in [0, 0.1) is 13.8 Å². The summed E-state index contributed by atoms with van der Waals surface area (Å²) in [6, 6.07) is 11.1. The maximum Gasteiger partial charge on any atom is 0.303 e. The largest absolute Gasteiger partial charge is 0.491 e. The van der Waals surface area contributed by atoms with Crippen LogP contribution < -0.4 is 26.8 Å². The van der Waals surface area contributed by atoms with Crippen molar-refractivity contribution < 1.29 is 33.8 Å². The molecule has 0 radical (unpaired) electrons. The van der Waals surface area contributed by atoms with Gasteiger partial charge in [0.15, 0.2) is 0 Å². The number of imidazole rings is 2. The first-order valence-corrected chi connectivity index (χ1v) is 18.1. The number of primary amides is 2. The van der Waals surface area contributed by atoms with E-state index in [0.717, 1.165) is 0 Å². The molecular weight excluding hydrogens is 736 g/mol. The van der Waals surface area contributed by atoms with Gasteiger partial charge < -0.3 is 30.4 Å². The predicted octanol–water partition coefficient (Wildman–Crippen LogP) is 3.64. The molecule has 57 heavy (non-hydrogen) atoms. The number of hydrogen-bond donors (Lipinski definition) is 5. The first-order chi connectivity index (χ1) is 27.3. The van der Waals surface area contributed by atoms with E-state index in [1.54, 1.807) is 68.8 Å². The number of carbonyl (C=O) groups is 5. The van der Waals surface area contributed by atoms with E-state index in [1.165, 1.54) is 12.1 Å². The van der Waals surface area contributed by atoms with Gasteiger partial charge in [0.25, 0.3) is 11.8 Å². The smallest absolute Gasteiger partial charge is 0.303 e. The summed E-state index contributed by atoms with van der Waals surface area (Å²) in [6.07, 6.45) is 3.67. The summed E-state index contributed by atoms with van der Waals surface area (Å²) in [7, 11) is 0. The van der Waals surface area contributed by atoms with Gasteiger partial charge in [-0.15, -0.1) is 0 Å². The zero-order valence-corrected chi connectivity index (χ0v) is 31.8. The Morgan fingerprint density at radius 3 is 1.86 bits per heavy atom. The predicted molar refractivity (Wildman–Crippen MR) is 209 cm³/mol. The average Bonchev–Trinajstić information content (AvgIpc) is 3.93. The summed E-state index contributed by atoms with van der Waals surface area (Å²) in [5, 5.41) is 23.6. The van der Waals surface area contributed by atoms with Gasteiger partial charge in [-0.3, -0.25) is 44.0 Å². The minimum absolute atomic E-state index is 0.0135. The van der Waals surface area contributed by atoms with E-state index in [1.807, 2.05) is 19.9 Å². The summed E-state index contributed by atoms with van der Waals surface area (Å²) in [5.41, 5.74) is 15.3. The average molecular weight is 779 g/mol. The van der Waals surface area contributed by atoms with E-state index in [4.69, 9.17) is 21.3 Å². The number of nitrogens with one attached hydrogen (secondary N) is 2. The quantitative estimate of drug-likeness (QED) is 0.0659. The molecule has 4 aromatic heterocycles. The third kappa shape index (κ3) is 8.51. The number of amides is 4. The van der Waals surface area contributed by atoms with Crippen LogP contribution in [0.2, 0.25) is 0 Å². The van der Waals surface area contributed by atoms with Crippen LogP contribution in [-0.4, -0.2) is 80.0 Å². The fourth-order valence-electron chi connectivity index (χ4n) is 6.35. The topological polar surface area (TPSA) is 262 Å². The van der Waals surface area contributed by atoms with Crippen molar-refractivity contribution >= 4 is 63.6 Å². The van der Waals surface area contributed by atoms with Gasteiger partial charge >= 0.3 is 5.97 Å². The summed E-state index contributed by atoms with van der Waals surface area (Å²) in [6.45, 7) is 8.56. The fourth-order valence-corrected chi connectivity index (χ4v) is 6.35. The Labute approximate surface area is 325 Å². The molecule has 6 rings (SSSR count). The van der Waals surface area contributed by atoms with Crippen LogP contribution in [-0.2, 0) is 31.0 Å². The number of aromatic nitrogens is 8. The summed E-state index contributed by atoms with van der Waals surface area (Å²) in [4.78, 5) is 71.9. The van der Waals surface area contributed by atoms with Gasteiger partial charge in [-0.25, -0.2) is 9.97 Å². The fraction of sp³-hybridized carbons (Fsp3) is 0.289. The van der Waals surface area contributed by atoms with Gasteiger partial charge in [0.05, 0.1) is 34.5 Å². The van der Waals surface area contributed by atoms with Crippen LogP contribution >= 0.6 is 0 Å². The van der Waals surface area contributed by atoms with Gasteiger partial charge in [-0.05, 0) is 76.6 Å². The second-order valence-electron chi connectivity index (χ2n) is 13.1. The second kappa shape index (κ2) is 16.6. The molecular formula is C38H42N12O7. The van der Waals surface area contributed by atoms with Crippen molar-refractivity contribution in [2.75, 3.05) is 17.2 Å². The Morgan fingerprint density at radius 2 is 1.30 bits per heavy atom. The molecule has 296 valence electrons. The Bertz CT molecular complexity index is 2570. The summed E-state index contributed by atoms with van der Waals surface area (Å²) in [5.74, 6) is -2.70. The number of carboxylic acid groups (broad SMARTS) is 1. The van der Waals surface area contributed by atoms with Crippen LogP contribution in [0.4, 0.5) is 11.9 Å². The lowest BCUT2D eigenvalue weighted by molar-refractivity contribution is -0.137. The van der Waals surface area contributed by atoms with Gasteiger partial charge in [-0.1, -0.05) is 12.2 Å². The molecule has 7 N–H and O–H groups in total. The molecule has 0 saturated carbocycles. The number of aryl methyl sites for hydroxylation is 4. The van der Waals surface area contributed by atoms with Crippen molar-refractivity contribution in [3.8, 4) is 5.75 Å². The number of carboxylic acids is 1. The molecule has 6 aromatic rings. The molecule has 0 atom stereocenters. The molecule has 0 bridgehead atoms. The van der Waals surface area contributed by atoms with Crippen molar-refractivity contribution in [1.82, 2.24) is 38.7 Å². The molecule has 0 aliphatic carbocycles. The SMILES string of the molecule is CCn1nc(C)cc1C(=O)Nc1nc2cc(C(N)=O)ccc2n1CC=CCn1c(NC(=O)c2cc(C)nn2CC)nc2cc(C(N)=O)cc(OCCCC(=O)O)c21. The highest BCUT2D eigenvalue weighted by Gasteiger charge is 2.23. The third-order valence-electron chi connectivity index (χ3n) is 8.98. The molecule has 19 heteroatoms. The Kier molecular flexibility index (Phi) is 11.5. The number of allylic oxidation sites excluding steroid dienone is 2. The van der Waals surface area contributed by atoms with Crippen molar-refractivity contribution in [3.63, 3.8) is 0 Å². The van der Waals surface area contributed by atoms with Gasteiger partial charge in [0.2, 0.25) is 23.7 Å². The molecule has 0 aliphatic rings.